The first-order chi connectivity index (χ1) is 7.14. The molecule has 0 amide bonds. The number of hydrogen-bond acceptors (Lipinski definition) is 0. The van der Waals surface area contributed by atoms with E-state index in [1.807, 2.05) is 0 Å². The lowest BCUT2D eigenvalue weighted by Gasteiger charge is -2.31. The van der Waals surface area contributed by atoms with Crippen LogP contribution in [0, 0.1) is 0 Å². The van der Waals surface area contributed by atoms with E-state index in [9.17, 15) is 0 Å². The molecule has 0 N–H and O–H groups in total. The zero-order valence-corrected chi connectivity index (χ0v) is 10.9. The van der Waals surface area contributed by atoms with E-state index in [2.05, 4.69) is 62.5 Å². The van der Waals surface area contributed by atoms with Gasteiger partial charge in [-0.05, 0) is 17.5 Å². The fraction of sp³-hybridized carbons (Fsp3) is 0.429. The maximum atomic E-state index is 2.50. The van der Waals surface area contributed by atoms with Crippen molar-refractivity contribution in [1.29, 1.82) is 0 Å². The minimum Gasteiger partial charge on any atom is -0.0803 e. The van der Waals surface area contributed by atoms with Crippen LogP contribution < -0.4 is 0 Å². The van der Waals surface area contributed by atoms with Crippen LogP contribution in [-0.4, -0.2) is 8.07 Å². The van der Waals surface area contributed by atoms with Gasteiger partial charge in [0.2, 0.25) is 0 Å². The van der Waals surface area contributed by atoms with E-state index in [4.69, 9.17) is 0 Å². The molecule has 0 saturated carbocycles. The fourth-order valence-electron chi connectivity index (χ4n) is 2.42. The average molecular weight is 216 g/mol. The zero-order chi connectivity index (χ0) is 10.9. The van der Waals surface area contributed by atoms with Gasteiger partial charge in [0, 0.05) is 0 Å². The van der Waals surface area contributed by atoms with E-state index in [0.717, 1.165) is 11.1 Å². The third-order valence-electron chi connectivity index (χ3n) is 3.79. The molecule has 2 rings (SSSR count). The SMILES string of the molecule is CCC1=CC([Si](C)(C)C2C=CC=C2)C=C1. The van der Waals surface area contributed by atoms with Crippen molar-refractivity contribution >= 4 is 8.07 Å². The number of hydrogen-bond donors (Lipinski definition) is 0. The molecule has 0 aliphatic heterocycles. The van der Waals surface area contributed by atoms with E-state index in [0.29, 0.717) is 0 Å². The average Bonchev–Trinajstić information content (AvgIpc) is 2.89. The summed E-state index contributed by atoms with van der Waals surface area (Å²) in [7, 11) is -1.23. The molecule has 2 aliphatic carbocycles. The van der Waals surface area contributed by atoms with Gasteiger partial charge in [0.15, 0.2) is 0 Å². The lowest BCUT2D eigenvalue weighted by molar-refractivity contribution is 1.13. The van der Waals surface area contributed by atoms with E-state index >= 15 is 0 Å². The standard InChI is InChI=1S/C14H20Si/c1-4-12-9-10-14(11-12)15(2,3)13-7-5-6-8-13/h5-11,13-14H,4H2,1-3H3. The molecule has 0 aromatic rings. The van der Waals surface area contributed by atoms with Crippen LogP contribution >= 0.6 is 0 Å². The summed E-state index contributed by atoms with van der Waals surface area (Å²) in [5, 5.41) is 0. The van der Waals surface area contributed by atoms with Gasteiger partial charge >= 0.3 is 0 Å². The topological polar surface area (TPSA) is 0 Å². The van der Waals surface area contributed by atoms with Crippen LogP contribution in [0.5, 0.6) is 0 Å². The Hall–Kier alpha value is -0.823. The Morgan fingerprint density at radius 1 is 1.07 bits per heavy atom. The van der Waals surface area contributed by atoms with Crippen LogP contribution in [-0.2, 0) is 0 Å². The second-order valence-electron chi connectivity index (χ2n) is 5.10. The van der Waals surface area contributed by atoms with Gasteiger partial charge in [-0.2, -0.15) is 0 Å². The first-order valence-electron chi connectivity index (χ1n) is 5.88. The first-order valence-corrected chi connectivity index (χ1v) is 9.04. The third-order valence-corrected chi connectivity index (χ3v) is 7.97. The maximum absolute atomic E-state index is 2.50. The van der Waals surface area contributed by atoms with Crippen LogP contribution in [0.25, 0.3) is 0 Å². The van der Waals surface area contributed by atoms with Crippen LogP contribution in [0.15, 0.2) is 48.1 Å². The lowest BCUT2D eigenvalue weighted by Crippen LogP contribution is -2.34. The summed E-state index contributed by atoms with van der Waals surface area (Å²) in [6.07, 6.45) is 17.5. The summed E-state index contributed by atoms with van der Waals surface area (Å²) in [6, 6.07) is 0. The first kappa shape index (κ1) is 10.7. The second kappa shape index (κ2) is 3.97. The quantitative estimate of drug-likeness (QED) is 0.611. The van der Waals surface area contributed by atoms with Crippen LogP contribution in [0.3, 0.4) is 0 Å². The van der Waals surface area contributed by atoms with Gasteiger partial charge in [0.05, 0.1) is 8.07 Å². The normalized spacial score (nSPS) is 25.3. The third kappa shape index (κ3) is 1.93. The molecule has 0 spiro atoms. The largest absolute Gasteiger partial charge is 0.0803 e. The van der Waals surface area contributed by atoms with Gasteiger partial charge in [-0.3, -0.25) is 0 Å². The van der Waals surface area contributed by atoms with Crippen molar-refractivity contribution in [3.8, 4) is 0 Å². The Morgan fingerprint density at radius 2 is 1.73 bits per heavy atom. The van der Waals surface area contributed by atoms with Crippen molar-refractivity contribution in [3.05, 3.63) is 48.1 Å². The van der Waals surface area contributed by atoms with Crippen molar-refractivity contribution in [3.63, 3.8) is 0 Å². The fourth-order valence-corrected chi connectivity index (χ4v) is 5.31. The molecule has 0 aromatic heterocycles. The summed E-state index contributed by atoms with van der Waals surface area (Å²) in [6.45, 7) is 7.24. The zero-order valence-electron chi connectivity index (χ0n) is 9.90. The summed E-state index contributed by atoms with van der Waals surface area (Å²) in [5.41, 5.74) is 2.97. The van der Waals surface area contributed by atoms with Gasteiger partial charge in [-0.1, -0.05) is 68.1 Å². The Bertz CT molecular complexity index is 344. The molecule has 1 atom stereocenters. The lowest BCUT2D eigenvalue weighted by atomic mass is 10.2. The maximum Gasteiger partial charge on any atom is 0.0699 e. The Kier molecular flexibility index (Phi) is 2.83. The van der Waals surface area contributed by atoms with Gasteiger partial charge in [-0.25, -0.2) is 0 Å². The van der Waals surface area contributed by atoms with Crippen molar-refractivity contribution in [2.45, 2.75) is 37.5 Å². The van der Waals surface area contributed by atoms with Gasteiger partial charge in [0.1, 0.15) is 0 Å². The van der Waals surface area contributed by atoms with Crippen LogP contribution in [0.2, 0.25) is 24.2 Å². The number of allylic oxidation sites excluding steroid dienone is 8. The predicted octanol–water partition coefficient (Wildman–Crippen LogP) is 4.47. The highest BCUT2D eigenvalue weighted by molar-refractivity contribution is 6.82. The molecular weight excluding hydrogens is 196 g/mol. The minimum atomic E-state index is -1.23. The molecular formula is C14H20Si. The molecule has 2 aliphatic rings. The summed E-state index contributed by atoms with van der Waals surface area (Å²) in [5.74, 6) is 0. The van der Waals surface area contributed by atoms with E-state index < -0.39 is 8.07 Å². The summed E-state index contributed by atoms with van der Waals surface area (Å²) < 4.78 is 0. The van der Waals surface area contributed by atoms with Gasteiger partial charge in [-0.15, -0.1) is 0 Å². The highest BCUT2D eigenvalue weighted by atomic mass is 28.3. The molecule has 1 unspecified atom stereocenters. The van der Waals surface area contributed by atoms with Gasteiger partial charge < -0.3 is 0 Å². The van der Waals surface area contributed by atoms with Crippen molar-refractivity contribution in [1.82, 2.24) is 0 Å². The molecule has 0 radical (unpaired) electrons. The van der Waals surface area contributed by atoms with E-state index in [-0.39, 0.29) is 0 Å². The smallest absolute Gasteiger partial charge is 0.0699 e. The monoisotopic (exact) mass is 216 g/mol. The highest BCUT2D eigenvalue weighted by Gasteiger charge is 2.36. The van der Waals surface area contributed by atoms with Crippen LogP contribution in [0.1, 0.15) is 13.3 Å². The summed E-state index contributed by atoms with van der Waals surface area (Å²) in [4.78, 5) is 0. The number of rotatable bonds is 3. The van der Waals surface area contributed by atoms with Gasteiger partial charge in [0.25, 0.3) is 0 Å². The predicted molar refractivity (Wildman–Crippen MR) is 70.8 cm³/mol. The molecule has 0 nitrogen and oxygen atoms in total. The Morgan fingerprint density at radius 3 is 2.27 bits per heavy atom. The van der Waals surface area contributed by atoms with Crippen LogP contribution in [0.4, 0.5) is 0 Å². The van der Waals surface area contributed by atoms with Crippen molar-refractivity contribution in [2.75, 3.05) is 0 Å². The molecule has 1 heteroatoms. The Balaban J connectivity index is 2.17. The molecule has 0 saturated heterocycles. The van der Waals surface area contributed by atoms with Crippen molar-refractivity contribution in [2.24, 2.45) is 0 Å². The minimum absolute atomic E-state index is 0.722. The molecule has 0 heterocycles. The molecule has 80 valence electrons. The van der Waals surface area contributed by atoms with E-state index in [1.54, 1.807) is 0 Å². The molecule has 0 aromatic carbocycles. The highest BCUT2D eigenvalue weighted by Crippen LogP contribution is 2.41. The van der Waals surface area contributed by atoms with E-state index in [1.165, 1.54) is 12.0 Å². The second-order valence-corrected chi connectivity index (χ2v) is 10.1. The molecule has 0 fully saturated rings. The Labute approximate surface area is 94.1 Å². The molecule has 15 heavy (non-hydrogen) atoms. The molecule has 0 bridgehead atoms. The van der Waals surface area contributed by atoms with Crippen molar-refractivity contribution < 1.29 is 0 Å². The summed E-state index contributed by atoms with van der Waals surface area (Å²) >= 11 is 0.